The number of amides is 1. The number of piperazine rings is 1. The second-order valence-electron chi connectivity index (χ2n) is 8.78. The summed E-state index contributed by atoms with van der Waals surface area (Å²) in [5.74, 6) is 0.169. The molecule has 0 saturated carbocycles. The lowest BCUT2D eigenvalue weighted by Crippen LogP contribution is -2.46. The quantitative estimate of drug-likeness (QED) is 0.710. The first-order valence-corrected chi connectivity index (χ1v) is 12.3. The first-order chi connectivity index (χ1) is 14.7. The molecule has 0 aliphatic carbocycles. The van der Waals surface area contributed by atoms with E-state index in [0.29, 0.717) is 24.7 Å². The van der Waals surface area contributed by atoms with Crippen molar-refractivity contribution in [3.05, 3.63) is 59.7 Å². The van der Waals surface area contributed by atoms with Gasteiger partial charge in [0.05, 0.1) is 10.8 Å². The van der Waals surface area contributed by atoms with Crippen molar-refractivity contribution in [1.29, 1.82) is 0 Å². The Kier molecular flexibility index (Phi) is 7.51. The number of hydrogen-bond acceptors (Lipinski definition) is 4. The van der Waals surface area contributed by atoms with Gasteiger partial charge < -0.3 is 10.2 Å². The van der Waals surface area contributed by atoms with Crippen LogP contribution in [0, 0.1) is 5.92 Å². The molecule has 2 aromatic carbocycles. The van der Waals surface area contributed by atoms with Crippen molar-refractivity contribution < 1.29 is 13.2 Å². The Morgan fingerprint density at radius 2 is 1.52 bits per heavy atom. The van der Waals surface area contributed by atoms with Gasteiger partial charge in [-0.25, -0.2) is 8.42 Å². The second kappa shape index (κ2) is 9.94. The fourth-order valence-corrected chi connectivity index (χ4v) is 5.13. The van der Waals surface area contributed by atoms with Crippen LogP contribution in [0.4, 0.5) is 5.69 Å². The van der Waals surface area contributed by atoms with Crippen LogP contribution in [0.5, 0.6) is 0 Å². The molecule has 1 fully saturated rings. The summed E-state index contributed by atoms with van der Waals surface area (Å²) in [7, 11) is -1.52. The van der Waals surface area contributed by atoms with Crippen molar-refractivity contribution in [3.8, 4) is 0 Å². The van der Waals surface area contributed by atoms with Gasteiger partial charge in [-0.05, 0) is 61.7 Å². The standard InChI is InChI=1S/C24H33N3O3S/c1-18(2)17-20-5-7-21(8-6-20)19(3)24(28)25-22-9-11-23(12-10-22)31(29,30)27-15-13-26(4)14-16-27/h5-12,18-19H,13-17H2,1-4H3,(H,25,28). The molecule has 1 unspecified atom stereocenters. The van der Waals surface area contributed by atoms with Crippen molar-refractivity contribution in [2.24, 2.45) is 5.92 Å². The van der Waals surface area contributed by atoms with Crippen LogP contribution >= 0.6 is 0 Å². The average molecular weight is 444 g/mol. The molecule has 1 N–H and O–H groups in total. The zero-order valence-corrected chi connectivity index (χ0v) is 19.7. The zero-order chi connectivity index (χ0) is 22.6. The lowest BCUT2D eigenvalue weighted by molar-refractivity contribution is -0.117. The maximum absolute atomic E-state index is 12.8. The Morgan fingerprint density at radius 1 is 0.935 bits per heavy atom. The maximum Gasteiger partial charge on any atom is 0.243 e. The number of benzene rings is 2. The van der Waals surface area contributed by atoms with Crippen LogP contribution in [0.1, 0.15) is 37.8 Å². The van der Waals surface area contributed by atoms with Gasteiger partial charge in [0.25, 0.3) is 0 Å². The summed E-state index contributed by atoms with van der Waals surface area (Å²) < 4.78 is 27.2. The van der Waals surface area contributed by atoms with E-state index in [4.69, 9.17) is 0 Å². The van der Waals surface area contributed by atoms with Gasteiger partial charge in [-0.15, -0.1) is 0 Å². The van der Waals surface area contributed by atoms with Crippen LogP contribution in [0.3, 0.4) is 0 Å². The third-order valence-electron chi connectivity index (χ3n) is 5.74. The number of anilines is 1. The molecule has 1 heterocycles. The molecule has 1 atom stereocenters. The van der Waals surface area contributed by atoms with E-state index in [0.717, 1.165) is 25.1 Å². The Labute approximate surface area is 186 Å². The lowest BCUT2D eigenvalue weighted by Gasteiger charge is -2.31. The van der Waals surface area contributed by atoms with E-state index >= 15 is 0 Å². The Morgan fingerprint density at radius 3 is 2.06 bits per heavy atom. The highest BCUT2D eigenvalue weighted by molar-refractivity contribution is 7.89. The fourth-order valence-electron chi connectivity index (χ4n) is 3.70. The van der Waals surface area contributed by atoms with Crippen molar-refractivity contribution in [2.45, 2.75) is 38.0 Å². The van der Waals surface area contributed by atoms with Crippen LogP contribution in [-0.2, 0) is 21.2 Å². The van der Waals surface area contributed by atoms with Gasteiger partial charge >= 0.3 is 0 Å². The minimum atomic E-state index is -3.51. The van der Waals surface area contributed by atoms with E-state index in [-0.39, 0.29) is 16.7 Å². The first-order valence-electron chi connectivity index (χ1n) is 10.9. The van der Waals surface area contributed by atoms with Gasteiger partial charge in [-0.3, -0.25) is 4.79 Å². The number of rotatable bonds is 7. The van der Waals surface area contributed by atoms with E-state index in [2.05, 4.69) is 36.2 Å². The van der Waals surface area contributed by atoms with Crippen LogP contribution < -0.4 is 5.32 Å². The molecule has 1 aliphatic rings. The monoisotopic (exact) mass is 443 g/mol. The summed E-state index contributed by atoms with van der Waals surface area (Å²) in [6.07, 6.45) is 1.02. The van der Waals surface area contributed by atoms with Crippen LogP contribution in [-0.4, -0.2) is 56.8 Å². The predicted molar refractivity (Wildman–Crippen MR) is 125 cm³/mol. The van der Waals surface area contributed by atoms with E-state index in [1.54, 1.807) is 24.3 Å². The number of likely N-dealkylation sites (N-methyl/N-ethyl adjacent to an activating group) is 1. The molecule has 168 valence electrons. The second-order valence-corrected chi connectivity index (χ2v) is 10.7. The molecule has 0 bridgehead atoms. The average Bonchev–Trinajstić information content (AvgIpc) is 2.74. The SMILES string of the molecule is CC(C)Cc1ccc(C(C)C(=O)Nc2ccc(S(=O)(=O)N3CCN(C)CC3)cc2)cc1. The maximum atomic E-state index is 12.8. The Balaban J connectivity index is 1.63. The number of hydrogen-bond donors (Lipinski definition) is 1. The molecule has 2 aromatic rings. The van der Waals surface area contributed by atoms with E-state index < -0.39 is 10.0 Å². The molecule has 0 spiro atoms. The minimum absolute atomic E-state index is 0.119. The number of carbonyl (C=O) groups excluding carboxylic acids is 1. The molecule has 6 nitrogen and oxygen atoms in total. The molecule has 1 saturated heterocycles. The number of sulfonamides is 1. The molecule has 1 aliphatic heterocycles. The Bertz CT molecular complexity index is 978. The number of nitrogens with one attached hydrogen (secondary N) is 1. The van der Waals surface area contributed by atoms with E-state index in [1.807, 2.05) is 26.1 Å². The molecular formula is C24H33N3O3S. The van der Waals surface area contributed by atoms with Crippen LogP contribution in [0.15, 0.2) is 53.4 Å². The highest BCUT2D eigenvalue weighted by Crippen LogP contribution is 2.22. The smallest absolute Gasteiger partial charge is 0.243 e. The zero-order valence-electron chi connectivity index (χ0n) is 18.8. The summed E-state index contributed by atoms with van der Waals surface area (Å²) >= 11 is 0. The minimum Gasteiger partial charge on any atom is -0.326 e. The van der Waals surface area contributed by atoms with Crippen molar-refractivity contribution >= 4 is 21.6 Å². The Hall–Kier alpha value is -2.22. The summed E-state index contributed by atoms with van der Waals surface area (Å²) in [6, 6.07) is 14.6. The highest BCUT2D eigenvalue weighted by Gasteiger charge is 2.27. The van der Waals surface area contributed by atoms with Crippen molar-refractivity contribution in [1.82, 2.24) is 9.21 Å². The summed E-state index contributed by atoms with van der Waals surface area (Å²) in [4.78, 5) is 15.1. The largest absolute Gasteiger partial charge is 0.326 e. The van der Waals surface area contributed by atoms with E-state index in [1.165, 1.54) is 9.87 Å². The molecular weight excluding hydrogens is 410 g/mol. The summed E-state index contributed by atoms with van der Waals surface area (Å²) in [5, 5.41) is 2.90. The third-order valence-corrected chi connectivity index (χ3v) is 7.65. The van der Waals surface area contributed by atoms with Gasteiger partial charge in [0, 0.05) is 31.9 Å². The topological polar surface area (TPSA) is 69.7 Å². The third kappa shape index (κ3) is 5.93. The molecule has 0 radical (unpaired) electrons. The van der Waals surface area contributed by atoms with E-state index in [9.17, 15) is 13.2 Å². The predicted octanol–water partition coefficient (Wildman–Crippen LogP) is 3.56. The number of nitrogens with zero attached hydrogens (tertiary/aromatic N) is 2. The van der Waals surface area contributed by atoms with Crippen molar-refractivity contribution in [3.63, 3.8) is 0 Å². The lowest BCUT2D eigenvalue weighted by atomic mass is 9.96. The van der Waals surface area contributed by atoms with Gasteiger partial charge in [0.1, 0.15) is 0 Å². The van der Waals surface area contributed by atoms with Crippen LogP contribution in [0.2, 0.25) is 0 Å². The molecule has 31 heavy (non-hydrogen) atoms. The normalized spacial score (nSPS) is 16.9. The van der Waals surface area contributed by atoms with Gasteiger partial charge in [0.15, 0.2) is 0 Å². The van der Waals surface area contributed by atoms with Crippen LogP contribution in [0.25, 0.3) is 0 Å². The van der Waals surface area contributed by atoms with Gasteiger partial charge in [0.2, 0.25) is 15.9 Å². The summed E-state index contributed by atoms with van der Waals surface area (Å²) in [5.41, 5.74) is 2.81. The highest BCUT2D eigenvalue weighted by atomic mass is 32.2. The molecule has 7 heteroatoms. The summed E-state index contributed by atoms with van der Waals surface area (Å²) in [6.45, 7) is 8.68. The van der Waals surface area contributed by atoms with Gasteiger partial charge in [-0.2, -0.15) is 4.31 Å². The first kappa shape index (κ1) is 23.4. The number of carbonyl (C=O) groups is 1. The molecule has 1 amide bonds. The molecule has 3 rings (SSSR count). The molecule has 0 aromatic heterocycles. The van der Waals surface area contributed by atoms with Crippen molar-refractivity contribution in [2.75, 3.05) is 38.5 Å². The van der Waals surface area contributed by atoms with Gasteiger partial charge in [-0.1, -0.05) is 38.1 Å². The fraction of sp³-hybridized carbons (Fsp3) is 0.458.